The van der Waals surface area contributed by atoms with E-state index in [0.717, 1.165) is 17.0 Å². The minimum Gasteiger partial charge on any atom is -0.379 e. The molecular weight excluding hydrogens is 488 g/mol. The van der Waals surface area contributed by atoms with E-state index in [1.165, 1.54) is 37.8 Å². The lowest BCUT2D eigenvalue weighted by atomic mass is 9.89. The Morgan fingerprint density at radius 2 is 1.88 bits per heavy atom. The van der Waals surface area contributed by atoms with Crippen molar-refractivity contribution in [3.05, 3.63) is 48.5 Å². The molecule has 2 amide bonds. The Balaban J connectivity index is 2.08. The zero-order chi connectivity index (χ0) is 24.2. The number of hydrogen-bond acceptors (Lipinski definition) is 6. The average Bonchev–Trinajstić information content (AvgIpc) is 3.27. The van der Waals surface area contributed by atoms with Gasteiger partial charge < -0.3 is 10.1 Å². The molecule has 7 nitrogen and oxygen atoms in total. The molecule has 0 unspecified atom stereocenters. The largest absolute Gasteiger partial charge is 0.446 e. The topological polar surface area (TPSA) is 84.4 Å². The van der Waals surface area contributed by atoms with Crippen LogP contribution in [-0.4, -0.2) is 52.2 Å². The summed E-state index contributed by atoms with van der Waals surface area (Å²) in [4.78, 5) is 34.8. The molecule has 1 fully saturated rings. The van der Waals surface area contributed by atoms with E-state index in [4.69, 9.17) is 16.3 Å². The molecule has 0 spiro atoms. The highest BCUT2D eigenvalue weighted by atomic mass is 35.5. The fraction of sp³-hybridized carbons (Fsp3) is 0.400. The van der Waals surface area contributed by atoms with Gasteiger partial charge in [-0.3, -0.25) is 14.5 Å². The fourth-order valence-electron chi connectivity index (χ4n) is 3.39. The molecule has 0 aliphatic carbocycles. The van der Waals surface area contributed by atoms with Crippen molar-refractivity contribution >= 4 is 40.9 Å². The number of ether oxygens (including phenoxy) is 1. The van der Waals surface area contributed by atoms with E-state index in [-0.39, 0.29) is 40.6 Å². The van der Waals surface area contributed by atoms with Gasteiger partial charge in [-0.1, -0.05) is 11.6 Å². The molecule has 178 valence electrons. The Bertz CT molecular complexity index is 976. The number of anilines is 1. The fourth-order valence-corrected chi connectivity index (χ4v) is 4.02. The molecule has 33 heavy (non-hydrogen) atoms. The Morgan fingerprint density at radius 3 is 2.39 bits per heavy atom. The maximum Gasteiger partial charge on any atom is 0.446 e. The summed E-state index contributed by atoms with van der Waals surface area (Å²) >= 11 is 5.12. The molecule has 3 atom stereocenters. The molecule has 2 heterocycles. The summed E-state index contributed by atoms with van der Waals surface area (Å²) in [7, 11) is 0. The Labute approximate surface area is 195 Å². The van der Waals surface area contributed by atoms with Gasteiger partial charge in [0.1, 0.15) is 6.33 Å². The molecule has 0 radical (unpaired) electrons. The summed E-state index contributed by atoms with van der Waals surface area (Å²) in [5, 5.41) is 2.77. The van der Waals surface area contributed by atoms with Crippen molar-refractivity contribution in [2.75, 3.05) is 18.1 Å². The standard InChI is InChI=1S/C20H19ClF4N4O3S/c1-19(12-8-26-11-27-9-12,18(31)28-13-6-7-32-10-13)29(17(30)16(21)22)14-2-4-15(5-3-14)33-20(23,24)25/h2-5,8-9,11,13,16H,6-7,10H2,1H3,(H,28,31)/t13-,16-,19+/m0/s1. The second-order valence-electron chi connectivity index (χ2n) is 7.25. The van der Waals surface area contributed by atoms with Gasteiger partial charge in [0.05, 0.1) is 12.6 Å². The number of alkyl halides is 5. The number of carbonyl (C=O) groups is 2. The van der Waals surface area contributed by atoms with Gasteiger partial charge in [-0.05, 0) is 49.4 Å². The summed E-state index contributed by atoms with van der Waals surface area (Å²) in [6, 6.07) is 4.24. The molecule has 3 rings (SSSR count). The van der Waals surface area contributed by atoms with Crippen LogP contribution >= 0.6 is 23.4 Å². The van der Waals surface area contributed by atoms with Crippen LogP contribution in [0.15, 0.2) is 47.9 Å². The van der Waals surface area contributed by atoms with E-state index in [0.29, 0.717) is 13.0 Å². The molecule has 0 bridgehead atoms. The van der Waals surface area contributed by atoms with Crippen LogP contribution in [-0.2, 0) is 19.9 Å². The van der Waals surface area contributed by atoms with Crippen molar-refractivity contribution in [1.29, 1.82) is 0 Å². The zero-order valence-electron chi connectivity index (χ0n) is 17.2. The molecular formula is C20H19ClF4N4O3S. The monoisotopic (exact) mass is 506 g/mol. The number of carbonyl (C=O) groups excluding carboxylic acids is 2. The number of hydrogen-bond donors (Lipinski definition) is 1. The Hall–Kier alpha value is -2.44. The average molecular weight is 507 g/mol. The summed E-state index contributed by atoms with van der Waals surface area (Å²) < 4.78 is 57.4. The first-order valence-electron chi connectivity index (χ1n) is 9.64. The van der Waals surface area contributed by atoms with Gasteiger partial charge >= 0.3 is 5.51 Å². The van der Waals surface area contributed by atoms with Crippen molar-refractivity contribution in [2.24, 2.45) is 0 Å². The van der Waals surface area contributed by atoms with Crippen LogP contribution in [0.3, 0.4) is 0 Å². The van der Waals surface area contributed by atoms with Gasteiger partial charge in [0, 0.05) is 35.1 Å². The lowest BCUT2D eigenvalue weighted by molar-refractivity contribution is -0.131. The Morgan fingerprint density at radius 1 is 1.24 bits per heavy atom. The summed E-state index contributed by atoms with van der Waals surface area (Å²) in [5.41, 5.74) is -8.84. The van der Waals surface area contributed by atoms with Gasteiger partial charge in [-0.2, -0.15) is 13.2 Å². The second-order valence-corrected chi connectivity index (χ2v) is 8.77. The summed E-state index contributed by atoms with van der Waals surface area (Å²) in [6.07, 6.45) is 4.31. The predicted molar refractivity (Wildman–Crippen MR) is 113 cm³/mol. The molecule has 1 N–H and O–H groups in total. The van der Waals surface area contributed by atoms with Crippen molar-refractivity contribution in [3.8, 4) is 0 Å². The summed E-state index contributed by atoms with van der Waals surface area (Å²) in [5.74, 6) is -1.97. The third-order valence-electron chi connectivity index (χ3n) is 5.01. The number of amides is 2. The van der Waals surface area contributed by atoms with E-state index in [9.17, 15) is 27.2 Å². The van der Waals surface area contributed by atoms with Crippen LogP contribution in [0.5, 0.6) is 0 Å². The van der Waals surface area contributed by atoms with Crippen LogP contribution in [0.4, 0.5) is 23.2 Å². The molecule has 1 aromatic carbocycles. The number of halogens is 5. The normalized spacial score (nSPS) is 18.9. The van der Waals surface area contributed by atoms with E-state index in [1.807, 2.05) is 0 Å². The van der Waals surface area contributed by atoms with E-state index < -0.39 is 28.5 Å². The Kier molecular flexibility index (Phi) is 7.80. The van der Waals surface area contributed by atoms with Gasteiger partial charge in [-0.25, -0.2) is 14.4 Å². The number of rotatable bonds is 7. The van der Waals surface area contributed by atoms with Gasteiger partial charge in [0.25, 0.3) is 17.4 Å². The highest BCUT2D eigenvalue weighted by molar-refractivity contribution is 8.00. The second kappa shape index (κ2) is 10.2. The third kappa shape index (κ3) is 5.92. The molecule has 1 aliphatic rings. The zero-order valence-corrected chi connectivity index (χ0v) is 18.8. The number of nitrogens with zero attached hydrogens (tertiary/aromatic N) is 3. The first-order valence-corrected chi connectivity index (χ1v) is 10.9. The maximum absolute atomic E-state index is 14.1. The number of nitrogens with one attached hydrogen (secondary N) is 1. The lowest BCUT2D eigenvalue weighted by Crippen LogP contribution is -2.60. The first kappa shape index (κ1) is 25.2. The first-order chi connectivity index (χ1) is 15.5. The van der Waals surface area contributed by atoms with Crippen LogP contribution in [0.25, 0.3) is 0 Å². The molecule has 1 saturated heterocycles. The molecule has 13 heteroatoms. The van der Waals surface area contributed by atoms with Crippen LogP contribution in [0.2, 0.25) is 0 Å². The van der Waals surface area contributed by atoms with E-state index in [1.54, 1.807) is 0 Å². The van der Waals surface area contributed by atoms with Gasteiger partial charge in [0.2, 0.25) is 0 Å². The van der Waals surface area contributed by atoms with Crippen molar-refractivity contribution < 1.29 is 31.9 Å². The number of aromatic nitrogens is 2. The van der Waals surface area contributed by atoms with Crippen LogP contribution < -0.4 is 10.2 Å². The number of benzene rings is 1. The van der Waals surface area contributed by atoms with Gasteiger partial charge in [0.15, 0.2) is 5.54 Å². The van der Waals surface area contributed by atoms with Crippen LogP contribution in [0.1, 0.15) is 18.9 Å². The van der Waals surface area contributed by atoms with E-state index in [2.05, 4.69) is 15.3 Å². The van der Waals surface area contributed by atoms with E-state index >= 15 is 0 Å². The molecule has 1 aromatic heterocycles. The minimum atomic E-state index is -4.52. The highest BCUT2D eigenvalue weighted by Crippen LogP contribution is 2.39. The smallest absolute Gasteiger partial charge is 0.379 e. The molecule has 0 saturated carbocycles. The lowest BCUT2D eigenvalue weighted by Gasteiger charge is -2.40. The minimum absolute atomic E-state index is 0.0426. The molecule has 1 aliphatic heterocycles. The van der Waals surface area contributed by atoms with Crippen molar-refractivity contribution in [3.63, 3.8) is 0 Å². The highest BCUT2D eigenvalue weighted by Gasteiger charge is 2.47. The number of thioether (sulfide) groups is 1. The maximum atomic E-state index is 14.1. The summed E-state index contributed by atoms with van der Waals surface area (Å²) in [6.45, 7) is 2.05. The third-order valence-corrected chi connectivity index (χ3v) is 5.94. The molecule has 2 aromatic rings. The van der Waals surface area contributed by atoms with Gasteiger partial charge in [-0.15, -0.1) is 0 Å². The quantitative estimate of drug-likeness (QED) is 0.349. The predicted octanol–water partition coefficient (Wildman–Crippen LogP) is 3.78. The SMILES string of the molecule is C[C@](C(=O)N[C@H]1CCOC1)(c1cncnc1)N(C(=O)[C@H](F)Cl)c1ccc(SC(F)(F)F)cc1. The van der Waals surface area contributed by atoms with Crippen molar-refractivity contribution in [1.82, 2.24) is 15.3 Å². The van der Waals surface area contributed by atoms with Crippen LogP contribution in [0, 0.1) is 0 Å². The van der Waals surface area contributed by atoms with Crippen molar-refractivity contribution in [2.45, 2.75) is 41.0 Å².